The lowest BCUT2D eigenvalue weighted by molar-refractivity contribution is -0.147. The number of nitrogens with zero attached hydrogens (tertiary/aromatic N) is 2. The molecule has 0 unspecified atom stereocenters. The van der Waals surface area contributed by atoms with Gasteiger partial charge in [-0.1, -0.05) is 12.1 Å². The fourth-order valence-corrected chi connectivity index (χ4v) is 6.86. The van der Waals surface area contributed by atoms with Gasteiger partial charge < -0.3 is 26.2 Å². The molecule has 0 saturated heterocycles. The third kappa shape index (κ3) is 9.24. The summed E-state index contributed by atoms with van der Waals surface area (Å²) < 4.78 is 69.7. The number of hydrazone groups is 2. The van der Waals surface area contributed by atoms with E-state index in [1.54, 1.807) is 0 Å². The van der Waals surface area contributed by atoms with E-state index in [0.717, 1.165) is 12.2 Å². The van der Waals surface area contributed by atoms with Crippen molar-refractivity contribution in [1.29, 1.82) is 0 Å². The number of rotatable bonds is 10. The number of Topliss-reactive ketones (excluding diaryl/α,β-unsaturated/α-hetero) is 2. The molecule has 59 heavy (non-hydrogen) atoms. The molecule has 4 aromatic rings. The molecule has 9 N–H and O–H groups in total. The molecular weight excluding hydrogens is 819 g/mol. The Labute approximate surface area is 331 Å². The highest BCUT2D eigenvalue weighted by molar-refractivity contribution is 7.91. The molecule has 300 valence electrons. The Bertz CT molecular complexity index is 2710. The number of carboxylic acids is 2. The first kappa shape index (κ1) is 40.8. The highest BCUT2D eigenvalue weighted by Crippen LogP contribution is 2.32. The number of carbonyl (C=O) groups excluding carboxylic acids is 4. The Morgan fingerprint density at radius 2 is 0.881 bits per heavy atom. The smallest absolute Gasteiger partial charge is 0.394 e. The van der Waals surface area contributed by atoms with Gasteiger partial charge in [-0.25, -0.2) is 9.59 Å². The third-order valence-electron chi connectivity index (χ3n) is 8.13. The number of aliphatic carboxylic acids is 2. The average Bonchev–Trinajstić information content (AvgIpc) is 3.16. The first-order valence-electron chi connectivity index (χ1n) is 16.3. The SMILES string of the molecule is O=C(O)C(=O)Nc1cccc(N/N=C2/C(=O)c3ccc(Nc4ccc5c(c4)C=C(S(=O)(=O)O)/C(=N/Nc4cccc(NC(=O)C(=O)O)c4)C5=O)cc3C=C2S(=O)(=O)O)c1. The van der Waals surface area contributed by atoms with Crippen LogP contribution in [0, 0.1) is 0 Å². The number of hydrogen-bond acceptors (Lipinski definition) is 15. The van der Waals surface area contributed by atoms with E-state index in [1.165, 1.54) is 84.9 Å². The zero-order valence-corrected chi connectivity index (χ0v) is 31.0. The van der Waals surface area contributed by atoms with Crippen LogP contribution in [0.5, 0.6) is 0 Å². The number of carboxylic acid groups (broad SMARTS) is 2. The van der Waals surface area contributed by atoms with Crippen LogP contribution in [0.2, 0.25) is 0 Å². The monoisotopic (exact) mass is 843 g/mol. The molecule has 0 atom stereocenters. The lowest BCUT2D eigenvalue weighted by atomic mass is 9.93. The van der Waals surface area contributed by atoms with Gasteiger partial charge in [0, 0.05) is 33.9 Å². The van der Waals surface area contributed by atoms with Crippen molar-refractivity contribution in [1.82, 2.24) is 0 Å². The fourth-order valence-electron chi connectivity index (χ4n) is 5.55. The van der Waals surface area contributed by atoms with Gasteiger partial charge >= 0.3 is 23.8 Å². The maximum absolute atomic E-state index is 13.5. The molecule has 0 aliphatic heterocycles. The van der Waals surface area contributed by atoms with Crippen LogP contribution in [-0.4, -0.2) is 82.9 Å². The first-order valence-corrected chi connectivity index (χ1v) is 19.2. The number of allylic oxidation sites excluding steroid dienone is 2. The van der Waals surface area contributed by atoms with Gasteiger partial charge in [-0.05, 0) is 96.1 Å². The van der Waals surface area contributed by atoms with Crippen molar-refractivity contribution < 1.29 is 64.9 Å². The predicted molar refractivity (Wildman–Crippen MR) is 211 cm³/mol. The second-order valence-electron chi connectivity index (χ2n) is 12.2. The molecule has 2 amide bonds. The van der Waals surface area contributed by atoms with Gasteiger partial charge in [0.25, 0.3) is 20.2 Å². The summed E-state index contributed by atoms with van der Waals surface area (Å²) in [4.78, 5) is 70.0. The highest BCUT2D eigenvalue weighted by atomic mass is 32.2. The number of ketones is 2. The van der Waals surface area contributed by atoms with Gasteiger partial charge in [-0.3, -0.25) is 39.1 Å². The zero-order chi connectivity index (χ0) is 42.8. The summed E-state index contributed by atoms with van der Waals surface area (Å²) >= 11 is 0. The van der Waals surface area contributed by atoms with Crippen molar-refractivity contribution in [3.8, 4) is 0 Å². The Morgan fingerprint density at radius 1 is 0.508 bits per heavy atom. The summed E-state index contributed by atoms with van der Waals surface area (Å²) in [7, 11) is -10.1. The molecule has 6 rings (SSSR count). The summed E-state index contributed by atoms with van der Waals surface area (Å²) in [5, 5.41) is 32.6. The van der Waals surface area contributed by atoms with Crippen LogP contribution in [0.25, 0.3) is 12.2 Å². The van der Waals surface area contributed by atoms with Crippen molar-refractivity contribution in [2.75, 3.05) is 26.8 Å². The van der Waals surface area contributed by atoms with E-state index in [0.29, 0.717) is 0 Å². The van der Waals surface area contributed by atoms with Crippen LogP contribution in [0.1, 0.15) is 31.8 Å². The molecule has 2 aliphatic carbocycles. The molecule has 23 heteroatoms. The van der Waals surface area contributed by atoms with Gasteiger partial charge in [0.15, 0.2) is 11.4 Å². The Morgan fingerprint density at radius 3 is 1.24 bits per heavy atom. The van der Waals surface area contributed by atoms with E-state index in [-0.39, 0.29) is 56.4 Å². The first-order chi connectivity index (χ1) is 27.8. The Balaban J connectivity index is 1.25. The maximum atomic E-state index is 13.5. The summed E-state index contributed by atoms with van der Waals surface area (Å²) in [5.41, 5.74) is 4.33. The molecule has 0 heterocycles. The summed E-state index contributed by atoms with van der Waals surface area (Å²) in [6.07, 6.45) is 1.98. The van der Waals surface area contributed by atoms with Crippen LogP contribution < -0.4 is 26.8 Å². The van der Waals surface area contributed by atoms with Crippen LogP contribution in [0.4, 0.5) is 34.1 Å². The van der Waals surface area contributed by atoms with Gasteiger partial charge in [-0.2, -0.15) is 27.0 Å². The van der Waals surface area contributed by atoms with Gasteiger partial charge in [0.05, 0.1) is 11.4 Å². The second-order valence-corrected chi connectivity index (χ2v) is 15.0. The molecule has 0 saturated carbocycles. The lowest BCUT2D eigenvalue weighted by Gasteiger charge is -2.19. The number of hydrogen-bond donors (Lipinski definition) is 9. The molecule has 4 aromatic carbocycles. The Hall–Kier alpha value is -7.86. The Kier molecular flexibility index (Phi) is 11.0. The van der Waals surface area contributed by atoms with E-state index in [1.807, 2.05) is 0 Å². The van der Waals surface area contributed by atoms with Crippen molar-refractivity contribution in [3.05, 3.63) is 117 Å². The van der Waals surface area contributed by atoms with Crippen LogP contribution in [0.15, 0.2) is 105 Å². The topological polar surface area (TPSA) is 336 Å². The number of benzene rings is 4. The van der Waals surface area contributed by atoms with Crippen molar-refractivity contribution >= 4 is 113 Å². The summed E-state index contributed by atoms with van der Waals surface area (Å²) in [5.74, 6) is -7.96. The zero-order valence-electron chi connectivity index (χ0n) is 29.3. The van der Waals surface area contributed by atoms with Crippen LogP contribution in [0.3, 0.4) is 0 Å². The summed E-state index contributed by atoms with van der Waals surface area (Å²) in [6, 6.07) is 19.1. The van der Waals surface area contributed by atoms with E-state index in [2.05, 4.69) is 37.0 Å². The number of carbonyl (C=O) groups is 6. The van der Waals surface area contributed by atoms with Crippen molar-refractivity contribution in [3.63, 3.8) is 0 Å². The van der Waals surface area contributed by atoms with E-state index in [4.69, 9.17) is 10.2 Å². The standard InChI is InChI=1S/C36H25N7O14S2/c44-31-25-9-7-21(11-17(25)13-27(58(52,53)54)29(31)42-40-23-5-1-3-19(15-23)38-33(46)35(48)49)37-22-8-10-26-18(12-22)14-28(59(55,56)57)30(32(26)45)43-41-24-6-2-4-20(16-24)39-34(47)36(50)51/h1-16,37,40-41H,(H,38,46)(H,39,47)(H,48,49)(H,50,51)(H,52,53,54)(H,55,56,57)/b42-29-,43-30+. The number of nitrogens with one attached hydrogen (secondary N) is 5. The predicted octanol–water partition coefficient (Wildman–Crippen LogP) is 3.26. The minimum Gasteiger partial charge on any atom is -0.474 e. The minimum absolute atomic E-state index is 0.0279. The van der Waals surface area contributed by atoms with Gasteiger partial charge in [0.1, 0.15) is 9.81 Å². The van der Waals surface area contributed by atoms with Crippen molar-refractivity contribution in [2.24, 2.45) is 10.2 Å². The maximum Gasteiger partial charge on any atom is 0.394 e. The fraction of sp³-hybridized carbons (Fsp3) is 0. The molecule has 2 aliphatic rings. The lowest BCUT2D eigenvalue weighted by Crippen LogP contribution is -2.27. The molecule has 0 fully saturated rings. The molecule has 0 bridgehead atoms. The van der Waals surface area contributed by atoms with E-state index in [9.17, 15) is 54.7 Å². The highest BCUT2D eigenvalue weighted by Gasteiger charge is 2.34. The van der Waals surface area contributed by atoms with E-state index < -0.39 is 76.8 Å². The van der Waals surface area contributed by atoms with Crippen LogP contribution >= 0.6 is 0 Å². The average molecular weight is 844 g/mol. The van der Waals surface area contributed by atoms with E-state index >= 15 is 0 Å². The molecule has 0 aromatic heterocycles. The molecule has 21 nitrogen and oxygen atoms in total. The minimum atomic E-state index is -5.06. The van der Waals surface area contributed by atoms with Gasteiger partial charge in [-0.15, -0.1) is 0 Å². The third-order valence-corrected chi connectivity index (χ3v) is 9.86. The number of amides is 2. The molecule has 0 radical (unpaired) electrons. The summed E-state index contributed by atoms with van der Waals surface area (Å²) in [6.45, 7) is 0. The largest absolute Gasteiger partial charge is 0.474 e. The van der Waals surface area contributed by atoms with Gasteiger partial charge in [0.2, 0.25) is 11.6 Å². The molecule has 0 spiro atoms. The van der Waals surface area contributed by atoms with Crippen LogP contribution in [-0.2, 0) is 39.4 Å². The van der Waals surface area contributed by atoms with Crippen molar-refractivity contribution in [2.45, 2.75) is 0 Å². The normalized spacial score (nSPS) is 14.9. The quantitative estimate of drug-likeness (QED) is 0.0628. The molecular formula is C36H25N7O14S2. The number of anilines is 6. The number of fused-ring (bicyclic) bond motifs is 2. The second kappa shape index (κ2) is 15.9.